The van der Waals surface area contributed by atoms with Gasteiger partial charge in [-0.15, -0.1) is 0 Å². The minimum atomic E-state index is -3.51. The van der Waals surface area contributed by atoms with Crippen molar-refractivity contribution in [2.24, 2.45) is 7.05 Å². The third-order valence-corrected chi connectivity index (χ3v) is 8.22. The lowest BCUT2D eigenvalue weighted by Crippen LogP contribution is -2.57. The van der Waals surface area contributed by atoms with Crippen molar-refractivity contribution in [2.75, 3.05) is 52.9 Å². The van der Waals surface area contributed by atoms with Crippen LogP contribution in [0, 0.1) is 0 Å². The molecule has 8 nitrogen and oxygen atoms in total. The number of hydrogen-bond acceptors (Lipinski definition) is 6. The molecule has 3 aliphatic rings. The van der Waals surface area contributed by atoms with Crippen LogP contribution >= 0.6 is 0 Å². The van der Waals surface area contributed by atoms with Gasteiger partial charge >= 0.3 is 0 Å². The van der Waals surface area contributed by atoms with Crippen molar-refractivity contribution in [1.82, 2.24) is 23.7 Å². The molecule has 4 rings (SSSR count). The minimum absolute atomic E-state index is 0.140. The smallest absolute Gasteiger partial charge is 0.262 e. The molecule has 3 saturated heterocycles. The molecule has 0 aromatic carbocycles. The van der Waals surface area contributed by atoms with Crippen molar-refractivity contribution in [3.63, 3.8) is 0 Å². The Morgan fingerprint density at radius 1 is 1.11 bits per heavy atom. The Hall–Kier alpha value is -1.00. The number of imidazole rings is 1. The van der Waals surface area contributed by atoms with Crippen molar-refractivity contribution in [3.8, 4) is 0 Å². The summed E-state index contributed by atoms with van der Waals surface area (Å²) >= 11 is 0. The number of aryl methyl sites for hydroxylation is 1. The fraction of sp³-hybridized carbons (Fsp3) is 0.833. The lowest BCUT2D eigenvalue weighted by Gasteiger charge is -2.49. The van der Waals surface area contributed by atoms with Crippen LogP contribution in [0.5, 0.6) is 0 Å². The molecule has 9 heteroatoms. The quantitative estimate of drug-likeness (QED) is 0.734. The number of piperazine rings is 1. The van der Waals surface area contributed by atoms with Crippen LogP contribution in [-0.2, 0) is 21.8 Å². The number of rotatable bonds is 3. The van der Waals surface area contributed by atoms with Gasteiger partial charge < -0.3 is 14.2 Å². The van der Waals surface area contributed by atoms with E-state index in [4.69, 9.17) is 4.74 Å². The first-order valence-corrected chi connectivity index (χ1v) is 11.4. The first-order valence-electron chi connectivity index (χ1n) is 9.93. The summed E-state index contributed by atoms with van der Waals surface area (Å²) in [6.07, 6.45) is 6.74. The molecule has 3 aliphatic heterocycles. The summed E-state index contributed by atoms with van der Waals surface area (Å²) in [4.78, 5) is 9.03. The molecule has 3 fully saturated rings. The van der Waals surface area contributed by atoms with E-state index in [2.05, 4.69) is 21.8 Å². The van der Waals surface area contributed by atoms with E-state index in [1.54, 1.807) is 22.1 Å². The van der Waals surface area contributed by atoms with Gasteiger partial charge in [0.2, 0.25) is 0 Å². The second-order valence-corrected chi connectivity index (χ2v) is 10.2. The molecule has 0 N–H and O–H groups in total. The highest BCUT2D eigenvalue weighted by molar-refractivity contribution is 7.89. The van der Waals surface area contributed by atoms with Gasteiger partial charge in [-0.2, -0.15) is 4.31 Å². The van der Waals surface area contributed by atoms with E-state index in [9.17, 15) is 8.42 Å². The number of piperidine rings is 1. The lowest BCUT2D eigenvalue weighted by molar-refractivity contribution is -0.129. The Kier molecular flexibility index (Phi) is 5.32. The van der Waals surface area contributed by atoms with Crippen LogP contribution in [0.4, 0.5) is 0 Å². The number of likely N-dealkylation sites (N-methyl/N-ethyl adjacent to an activating group) is 1. The van der Waals surface area contributed by atoms with Crippen LogP contribution in [-0.4, -0.2) is 96.6 Å². The molecule has 0 bridgehead atoms. The Labute approximate surface area is 162 Å². The zero-order valence-corrected chi connectivity index (χ0v) is 17.2. The van der Waals surface area contributed by atoms with E-state index in [0.29, 0.717) is 19.1 Å². The van der Waals surface area contributed by atoms with E-state index in [-0.39, 0.29) is 10.6 Å². The summed E-state index contributed by atoms with van der Waals surface area (Å²) < 4.78 is 35.1. The maximum absolute atomic E-state index is 12.8. The van der Waals surface area contributed by atoms with Crippen molar-refractivity contribution in [3.05, 3.63) is 12.5 Å². The fourth-order valence-corrected chi connectivity index (χ4v) is 6.05. The van der Waals surface area contributed by atoms with Gasteiger partial charge in [0.25, 0.3) is 10.0 Å². The number of hydrogen-bond donors (Lipinski definition) is 0. The maximum Gasteiger partial charge on any atom is 0.262 e. The molecule has 1 atom stereocenters. The first kappa shape index (κ1) is 19.3. The molecule has 0 amide bonds. The topological polar surface area (TPSA) is 70.9 Å². The highest BCUT2D eigenvalue weighted by atomic mass is 32.2. The van der Waals surface area contributed by atoms with Crippen LogP contribution in [0.15, 0.2) is 17.6 Å². The van der Waals surface area contributed by atoms with Gasteiger partial charge in [0.1, 0.15) is 0 Å². The van der Waals surface area contributed by atoms with Gasteiger partial charge in [0, 0.05) is 65.2 Å². The standard InChI is InChI=1S/C18H31N5O3S/c1-20-8-10-22(11-9-20)16-3-12-26-18(13-16)4-6-23(7-5-18)27(24,25)17-14-21(2)15-19-17/h14-16H,3-13H2,1-2H3. The largest absolute Gasteiger partial charge is 0.375 e. The Bertz CT molecular complexity index is 749. The third-order valence-electron chi connectivity index (χ3n) is 6.44. The Morgan fingerprint density at radius 3 is 2.44 bits per heavy atom. The van der Waals surface area contributed by atoms with Crippen molar-refractivity contribution in [2.45, 2.75) is 42.4 Å². The maximum atomic E-state index is 12.8. The second-order valence-electron chi connectivity index (χ2n) is 8.30. The van der Waals surface area contributed by atoms with Gasteiger partial charge in [0.15, 0.2) is 5.03 Å². The van der Waals surface area contributed by atoms with Crippen molar-refractivity contribution < 1.29 is 13.2 Å². The van der Waals surface area contributed by atoms with Crippen molar-refractivity contribution in [1.29, 1.82) is 0 Å². The van der Waals surface area contributed by atoms with Crippen LogP contribution < -0.4 is 0 Å². The predicted octanol–water partition coefficient (Wildman–Crippen LogP) is 0.370. The number of aromatic nitrogens is 2. The number of sulfonamides is 1. The summed E-state index contributed by atoms with van der Waals surface area (Å²) in [7, 11) is 0.458. The van der Waals surface area contributed by atoms with Crippen LogP contribution in [0.3, 0.4) is 0 Å². The molecule has 1 aromatic heterocycles. The van der Waals surface area contributed by atoms with Crippen molar-refractivity contribution >= 4 is 10.0 Å². The molecule has 1 aromatic rings. The fourth-order valence-electron chi connectivity index (χ4n) is 4.64. The third kappa shape index (κ3) is 3.93. The van der Waals surface area contributed by atoms with Crippen LogP contribution in [0.25, 0.3) is 0 Å². The van der Waals surface area contributed by atoms with E-state index in [0.717, 1.165) is 58.5 Å². The zero-order chi connectivity index (χ0) is 19.1. The van der Waals surface area contributed by atoms with Gasteiger partial charge in [-0.25, -0.2) is 13.4 Å². The summed E-state index contributed by atoms with van der Waals surface area (Å²) in [5.41, 5.74) is -0.164. The molecule has 1 unspecified atom stereocenters. The second kappa shape index (κ2) is 7.44. The average Bonchev–Trinajstić information content (AvgIpc) is 3.10. The normalized spacial score (nSPS) is 28.6. The van der Waals surface area contributed by atoms with Gasteiger partial charge in [-0.1, -0.05) is 0 Å². The predicted molar refractivity (Wildman–Crippen MR) is 102 cm³/mol. The summed E-state index contributed by atoms with van der Waals surface area (Å²) in [5.74, 6) is 0. The van der Waals surface area contributed by atoms with Crippen LogP contribution in [0.2, 0.25) is 0 Å². The molecule has 0 radical (unpaired) electrons. The highest BCUT2D eigenvalue weighted by Crippen LogP contribution is 2.38. The van der Waals surface area contributed by atoms with Gasteiger partial charge in [-0.3, -0.25) is 4.90 Å². The monoisotopic (exact) mass is 397 g/mol. The molecule has 4 heterocycles. The summed E-state index contributed by atoms with van der Waals surface area (Å²) in [6.45, 7) is 6.29. The molecular weight excluding hydrogens is 366 g/mol. The van der Waals surface area contributed by atoms with Gasteiger partial charge in [-0.05, 0) is 32.7 Å². The zero-order valence-electron chi connectivity index (χ0n) is 16.4. The summed E-state index contributed by atoms with van der Waals surface area (Å²) in [5, 5.41) is 0.140. The van der Waals surface area contributed by atoms with Gasteiger partial charge in [0.05, 0.1) is 11.9 Å². The van der Waals surface area contributed by atoms with Crippen LogP contribution in [0.1, 0.15) is 25.7 Å². The van der Waals surface area contributed by atoms with E-state index in [1.165, 1.54) is 6.33 Å². The highest BCUT2D eigenvalue weighted by Gasteiger charge is 2.44. The molecular formula is C18H31N5O3S. The van der Waals surface area contributed by atoms with E-state index < -0.39 is 10.0 Å². The van der Waals surface area contributed by atoms with E-state index >= 15 is 0 Å². The molecule has 0 aliphatic carbocycles. The minimum Gasteiger partial charge on any atom is -0.375 e. The SMILES string of the molecule is CN1CCN(C2CCOC3(CCN(S(=O)(=O)c4cn(C)cn4)CC3)C2)CC1. The number of ether oxygens (including phenoxy) is 1. The number of nitrogens with zero attached hydrogens (tertiary/aromatic N) is 5. The summed E-state index contributed by atoms with van der Waals surface area (Å²) in [6, 6.07) is 0.561. The van der Waals surface area contributed by atoms with E-state index in [1.807, 2.05) is 0 Å². The first-order chi connectivity index (χ1) is 12.9. The Balaban J connectivity index is 1.39. The average molecular weight is 398 g/mol. The molecule has 0 saturated carbocycles. The molecule has 152 valence electrons. The Morgan fingerprint density at radius 2 is 1.81 bits per heavy atom. The molecule has 1 spiro atoms. The lowest BCUT2D eigenvalue weighted by atomic mass is 9.82. The molecule has 27 heavy (non-hydrogen) atoms.